The molecule has 0 fully saturated rings. The molecule has 2 aromatic rings. The molecule has 0 aliphatic carbocycles. The van der Waals surface area contributed by atoms with Gasteiger partial charge in [-0.3, -0.25) is 0 Å². The minimum absolute atomic E-state index is 0.240. The molecule has 1 aromatic heterocycles. The van der Waals surface area contributed by atoms with Crippen molar-refractivity contribution in [2.45, 2.75) is 20.3 Å². The standard InChI is InChI=1S/C15H19FN4/c1-3-17-15-19-10-13(16)14(20-15)18-9-8-12-7-5-4-6-11(12)2/h4-7,10H,3,8-9H2,1-2H3,(H2,17,18,19,20). The van der Waals surface area contributed by atoms with Crippen molar-refractivity contribution in [1.29, 1.82) is 0 Å². The molecule has 0 aliphatic rings. The maximum absolute atomic E-state index is 13.6. The van der Waals surface area contributed by atoms with E-state index in [2.05, 4.69) is 39.7 Å². The summed E-state index contributed by atoms with van der Waals surface area (Å²) in [5, 5.41) is 5.98. The zero-order chi connectivity index (χ0) is 14.4. The SMILES string of the molecule is CCNc1ncc(F)c(NCCc2ccccc2C)n1. The summed E-state index contributed by atoms with van der Waals surface area (Å²) in [7, 11) is 0. The molecule has 0 aliphatic heterocycles. The molecule has 2 rings (SSSR count). The minimum Gasteiger partial charge on any atom is -0.367 e. The van der Waals surface area contributed by atoms with Gasteiger partial charge in [0.05, 0.1) is 6.20 Å². The van der Waals surface area contributed by atoms with E-state index in [1.165, 1.54) is 17.3 Å². The van der Waals surface area contributed by atoms with Crippen LogP contribution in [0.2, 0.25) is 0 Å². The Labute approximate surface area is 118 Å². The number of aromatic nitrogens is 2. The lowest BCUT2D eigenvalue weighted by Gasteiger charge is -2.09. The van der Waals surface area contributed by atoms with E-state index in [-0.39, 0.29) is 5.82 Å². The van der Waals surface area contributed by atoms with Crippen LogP contribution >= 0.6 is 0 Å². The van der Waals surface area contributed by atoms with Crippen molar-refractivity contribution >= 4 is 11.8 Å². The number of rotatable bonds is 6. The highest BCUT2D eigenvalue weighted by Crippen LogP contribution is 2.13. The molecule has 106 valence electrons. The van der Waals surface area contributed by atoms with Crippen molar-refractivity contribution in [3.63, 3.8) is 0 Å². The fraction of sp³-hybridized carbons (Fsp3) is 0.333. The summed E-state index contributed by atoms with van der Waals surface area (Å²) in [4.78, 5) is 7.98. The summed E-state index contributed by atoms with van der Waals surface area (Å²) >= 11 is 0. The van der Waals surface area contributed by atoms with Crippen LogP contribution in [0.15, 0.2) is 30.5 Å². The van der Waals surface area contributed by atoms with Crippen molar-refractivity contribution < 1.29 is 4.39 Å². The third kappa shape index (κ3) is 3.66. The van der Waals surface area contributed by atoms with E-state index in [0.29, 0.717) is 19.0 Å². The maximum atomic E-state index is 13.6. The number of hydrogen-bond acceptors (Lipinski definition) is 4. The van der Waals surface area contributed by atoms with Crippen LogP contribution in [-0.2, 0) is 6.42 Å². The lowest BCUT2D eigenvalue weighted by atomic mass is 10.1. The predicted molar refractivity (Wildman–Crippen MR) is 79.5 cm³/mol. The van der Waals surface area contributed by atoms with Crippen LogP contribution in [0.25, 0.3) is 0 Å². The largest absolute Gasteiger partial charge is 0.367 e. The average Bonchev–Trinajstić information content (AvgIpc) is 2.44. The second-order valence-corrected chi connectivity index (χ2v) is 4.52. The van der Waals surface area contributed by atoms with Gasteiger partial charge in [-0.05, 0) is 31.4 Å². The smallest absolute Gasteiger partial charge is 0.224 e. The molecule has 1 heterocycles. The molecule has 2 N–H and O–H groups in total. The van der Waals surface area contributed by atoms with E-state index in [1.54, 1.807) is 0 Å². The fourth-order valence-corrected chi connectivity index (χ4v) is 1.94. The Bertz CT molecular complexity index is 572. The van der Waals surface area contributed by atoms with E-state index in [1.807, 2.05) is 19.1 Å². The molecule has 0 saturated heterocycles. The van der Waals surface area contributed by atoms with Crippen LogP contribution in [0, 0.1) is 12.7 Å². The van der Waals surface area contributed by atoms with Crippen LogP contribution in [0.4, 0.5) is 16.2 Å². The lowest BCUT2D eigenvalue weighted by molar-refractivity contribution is 0.617. The van der Waals surface area contributed by atoms with Crippen molar-refractivity contribution in [2.75, 3.05) is 23.7 Å². The van der Waals surface area contributed by atoms with Gasteiger partial charge in [0, 0.05) is 13.1 Å². The van der Waals surface area contributed by atoms with E-state index < -0.39 is 5.82 Å². The molecule has 0 spiro atoms. The molecule has 0 unspecified atom stereocenters. The topological polar surface area (TPSA) is 49.8 Å². The van der Waals surface area contributed by atoms with Crippen LogP contribution < -0.4 is 10.6 Å². The van der Waals surface area contributed by atoms with Gasteiger partial charge < -0.3 is 10.6 Å². The number of aryl methyl sites for hydroxylation is 1. The van der Waals surface area contributed by atoms with Gasteiger partial charge >= 0.3 is 0 Å². The molecule has 0 bridgehead atoms. The Morgan fingerprint density at radius 1 is 1.20 bits per heavy atom. The van der Waals surface area contributed by atoms with Crippen molar-refractivity contribution in [1.82, 2.24) is 9.97 Å². The van der Waals surface area contributed by atoms with Gasteiger partial charge in [-0.25, -0.2) is 9.37 Å². The van der Waals surface area contributed by atoms with Gasteiger partial charge in [0.2, 0.25) is 5.95 Å². The number of halogens is 1. The van der Waals surface area contributed by atoms with Gasteiger partial charge in [0.1, 0.15) is 0 Å². The molecule has 0 amide bonds. The quantitative estimate of drug-likeness (QED) is 0.850. The highest BCUT2D eigenvalue weighted by molar-refractivity contribution is 5.41. The van der Waals surface area contributed by atoms with Gasteiger partial charge in [0.25, 0.3) is 0 Å². The molecular weight excluding hydrogens is 255 g/mol. The number of benzene rings is 1. The average molecular weight is 274 g/mol. The monoisotopic (exact) mass is 274 g/mol. The van der Waals surface area contributed by atoms with E-state index in [9.17, 15) is 4.39 Å². The lowest BCUT2D eigenvalue weighted by Crippen LogP contribution is -2.11. The summed E-state index contributed by atoms with van der Waals surface area (Å²) in [5.74, 6) is 0.244. The summed E-state index contributed by atoms with van der Waals surface area (Å²) in [6.45, 7) is 5.35. The van der Waals surface area contributed by atoms with Crippen LogP contribution in [0.1, 0.15) is 18.1 Å². The summed E-state index contributed by atoms with van der Waals surface area (Å²) < 4.78 is 13.6. The molecule has 20 heavy (non-hydrogen) atoms. The second kappa shape index (κ2) is 6.84. The van der Waals surface area contributed by atoms with E-state index >= 15 is 0 Å². The van der Waals surface area contributed by atoms with Gasteiger partial charge in [0.15, 0.2) is 11.6 Å². The summed E-state index contributed by atoms with van der Waals surface area (Å²) in [5.41, 5.74) is 2.49. The number of hydrogen-bond donors (Lipinski definition) is 2. The number of nitrogens with one attached hydrogen (secondary N) is 2. The molecule has 4 nitrogen and oxygen atoms in total. The summed E-state index contributed by atoms with van der Waals surface area (Å²) in [6.07, 6.45) is 2.01. The maximum Gasteiger partial charge on any atom is 0.224 e. The predicted octanol–water partition coefficient (Wildman–Crippen LogP) is 3.01. The van der Waals surface area contributed by atoms with Gasteiger partial charge in [-0.1, -0.05) is 24.3 Å². The molecule has 5 heteroatoms. The van der Waals surface area contributed by atoms with E-state index in [0.717, 1.165) is 6.42 Å². The highest BCUT2D eigenvalue weighted by Gasteiger charge is 2.06. The van der Waals surface area contributed by atoms with Crippen molar-refractivity contribution in [2.24, 2.45) is 0 Å². The number of nitrogens with zero attached hydrogens (tertiary/aromatic N) is 2. The Morgan fingerprint density at radius 3 is 2.75 bits per heavy atom. The first-order valence-electron chi connectivity index (χ1n) is 6.75. The molecular formula is C15H19FN4. The zero-order valence-electron chi connectivity index (χ0n) is 11.8. The van der Waals surface area contributed by atoms with Crippen LogP contribution in [0.3, 0.4) is 0 Å². The molecule has 0 radical (unpaired) electrons. The Balaban J connectivity index is 1.97. The minimum atomic E-state index is -0.434. The molecule has 1 aromatic carbocycles. The Morgan fingerprint density at radius 2 is 2.00 bits per heavy atom. The third-order valence-corrected chi connectivity index (χ3v) is 3.03. The summed E-state index contributed by atoms with van der Waals surface area (Å²) in [6, 6.07) is 8.18. The molecule has 0 saturated carbocycles. The van der Waals surface area contributed by atoms with E-state index in [4.69, 9.17) is 0 Å². The fourth-order valence-electron chi connectivity index (χ4n) is 1.94. The normalized spacial score (nSPS) is 10.3. The zero-order valence-corrected chi connectivity index (χ0v) is 11.8. The number of anilines is 2. The first-order chi connectivity index (χ1) is 9.70. The Hall–Kier alpha value is -2.17. The van der Waals surface area contributed by atoms with Crippen LogP contribution in [-0.4, -0.2) is 23.1 Å². The van der Waals surface area contributed by atoms with Crippen molar-refractivity contribution in [3.8, 4) is 0 Å². The first kappa shape index (κ1) is 14.2. The molecule has 0 atom stereocenters. The third-order valence-electron chi connectivity index (χ3n) is 3.03. The Kier molecular flexibility index (Phi) is 4.87. The highest BCUT2D eigenvalue weighted by atomic mass is 19.1. The second-order valence-electron chi connectivity index (χ2n) is 4.52. The van der Waals surface area contributed by atoms with Crippen molar-refractivity contribution in [3.05, 3.63) is 47.4 Å². The van der Waals surface area contributed by atoms with Crippen LogP contribution in [0.5, 0.6) is 0 Å². The van der Waals surface area contributed by atoms with Gasteiger partial charge in [-0.2, -0.15) is 4.98 Å². The first-order valence-corrected chi connectivity index (χ1v) is 6.75. The van der Waals surface area contributed by atoms with Gasteiger partial charge in [-0.15, -0.1) is 0 Å².